The summed E-state index contributed by atoms with van der Waals surface area (Å²) in [5, 5.41) is 10.0. The van der Waals surface area contributed by atoms with Gasteiger partial charge < -0.3 is 11.1 Å². The molecular formula is C11H21N5O2S. The van der Waals surface area contributed by atoms with Gasteiger partial charge in [-0.25, -0.2) is 9.89 Å². The normalized spacial score (nSPS) is 14.6. The Morgan fingerprint density at radius 2 is 2.26 bits per heavy atom. The Labute approximate surface area is 116 Å². The molecule has 0 spiro atoms. The summed E-state index contributed by atoms with van der Waals surface area (Å²) < 4.78 is 1.43. The highest BCUT2D eigenvalue weighted by atomic mass is 32.2. The lowest BCUT2D eigenvalue weighted by Gasteiger charge is -2.29. The SMILES string of the molecule is CC(C)NC(C)(CCSc1n[nH]c(=O)n1C)C(N)=O. The van der Waals surface area contributed by atoms with E-state index in [4.69, 9.17) is 5.73 Å². The molecule has 1 amide bonds. The van der Waals surface area contributed by atoms with Gasteiger partial charge in [-0.2, -0.15) is 0 Å². The quantitative estimate of drug-likeness (QED) is 0.604. The minimum atomic E-state index is -0.754. The van der Waals surface area contributed by atoms with E-state index in [0.717, 1.165) is 0 Å². The summed E-state index contributed by atoms with van der Waals surface area (Å²) in [5.41, 5.74) is 4.44. The maximum atomic E-state index is 11.5. The molecular weight excluding hydrogens is 266 g/mol. The summed E-state index contributed by atoms with van der Waals surface area (Å²) in [5.74, 6) is 0.259. The van der Waals surface area contributed by atoms with Gasteiger partial charge in [-0.05, 0) is 27.2 Å². The molecule has 0 aliphatic carbocycles. The monoisotopic (exact) mass is 287 g/mol. The Hall–Kier alpha value is -1.28. The number of H-pyrrole nitrogens is 1. The summed E-state index contributed by atoms with van der Waals surface area (Å²) in [6, 6.07) is 0.164. The molecule has 0 bridgehead atoms. The minimum absolute atomic E-state index is 0.164. The van der Waals surface area contributed by atoms with Crippen LogP contribution in [0.4, 0.5) is 0 Å². The van der Waals surface area contributed by atoms with E-state index in [1.54, 1.807) is 14.0 Å². The van der Waals surface area contributed by atoms with E-state index in [1.807, 2.05) is 13.8 Å². The van der Waals surface area contributed by atoms with Crippen molar-refractivity contribution in [3.63, 3.8) is 0 Å². The molecule has 0 fully saturated rings. The average molecular weight is 287 g/mol. The topological polar surface area (TPSA) is 106 Å². The third kappa shape index (κ3) is 4.10. The Bertz CT molecular complexity index is 496. The Balaban J connectivity index is 2.61. The van der Waals surface area contributed by atoms with E-state index < -0.39 is 5.54 Å². The van der Waals surface area contributed by atoms with Crippen molar-refractivity contribution in [1.29, 1.82) is 0 Å². The Morgan fingerprint density at radius 1 is 1.63 bits per heavy atom. The van der Waals surface area contributed by atoms with Crippen molar-refractivity contribution in [3.05, 3.63) is 10.5 Å². The molecule has 1 aromatic rings. The van der Waals surface area contributed by atoms with Crippen molar-refractivity contribution in [2.24, 2.45) is 12.8 Å². The number of primary amides is 1. The molecule has 8 heteroatoms. The third-order valence-electron chi connectivity index (χ3n) is 2.82. The van der Waals surface area contributed by atoms with Gasteiger partial charge in [0.1, 0.15) is 0 Å². The van der Waals surface area contributed by atoms with Crippen molar-refractivity contribution in [2.75, 3.05) is 5.75 Å². The predicted octanol–water partition coefficient (Wildman–Crippen LogP) is -0.167. The molecule has 19 heavy (non-hydrogen) atoms. The third-order valence-corrected chi connectivity index (χ3v) is 3.85. The first-order chi connectivity index (χ1) is 8.76. The van der Waals surface area contributed by atoms with Gasteiger partial charge in [0.25, 0.3) is 0 Å². The van der Waals surface area contributed by atoms with Crippen molar-refractivity contribution in [2.45, 2.75) is 43.9 Å². The second-order valence-corrected chi connectivity index (χ2v) is 6.03. The zero-order chi connectivity index (χ0) is 14.6. The molecule has 0 aliphatic rings. The smallest absolute Gasteiger partial charge is 0.343 e. The van der Waals surface area contributed by atoms with Gasteiger partial charge in [0, 0.05) is 18.8 Å². The second-order valence-electron chi connectivity index (χ2n) is 4.96. The fraction of sp³-hybridized carbons (Fsp3) is 0.727. The number of nitrogens with one attached hydrogen (secondary N) is 2. The van der Waals surface area contributed by atoms with E-state index in [2.05, 4.69) is 15.5 Å². The van der Waals surface area contributed by atoms with E-state index >= 15 is 0 Å². The summed E-state index contributed by atoms with van der Waals surface area (Å²) in [7, 11) is 1.65. The van der Waals surface area contributed by atoms with Crippen molar-refractivity contribution in [3.8, 4) is 0 Å². The highest BCUT2D eigenvalue weighted by molar-refractivity contribution is 7.99. The number of rotatable bonds is 7. The molecule has 108 valence electrons. The van der Waals surface area contributed by atoms with E-state index in [0.29, 0.717) is 17.3 Å². The maximum absolute atomic E-state index is 11.5. The van der Waals surface area contributed by atoms with E-state index in [-0.39, 0.29) is 17.6 Å². The van der Waals surface area contributed by atoms with Gasteiger partial charge in [0.2, 0.25) is 5.91 Å². The molecule has 4 N–H and O–H groups in total. The van der Waals surface area contributed by atoms with Crippen LogP contribution in [0.25, 0.3) is 0 Å². The van der Waals surface area contributed by atoms with Crippen LogP contribution in [0.3, 0.4) is 0 Å². The van der Waals surface area contributed by atoms with Crippen LogP contribution < -0.4 is 16.7 Å². The molecule has 1 aromatic heterocycles. The van der Waals surface area contributed by atoms with Gasteiger partial charge in [-0.3, -0.25) is 9.36 Å². The van der Waals surface area contributed by atoms with Crippen molar-refractivity contribution >= 4 is 17.7 Å². The summed E-state index contributed by atoms with van der Waals surface area (Å²) in [6.07, 6.45) is 0.562. The van der Waals surface area contributed by atoms with Crippen LogP contribution in [-0.2, 0) is 11.8 Å². The van der Waals surface area contributed by atoms with Gasteiger partial charge in [0.15, 0.2) is 5.16 Å². The molecule has 0 saturated carbocycles. The number of nitrogens with zero attached hydrogens (tertiary/aromatic N) is 2. The molecule has 1 atom stereocenters. The van der Waals surface area contributed by atoms with Gasteiger partial charge >= 0.3 is 5.69 Å². The molecule has 0 radical (unpaired) electrons. The largest absolute Gasteiger partial charge is 0.368 e. The number of amides is 1. The molecule has 0 aromatic carbocycles. The molecule has 1 rings (SSSR count). The lowest BCUT2D eigenvalue weighted by Crippen LogP contribution is -2.55. The fourth-order valence-corrected chi connectivity index (χ4v) is 2.79. The van der Waals surface area contributed by atoms with Gasteiger partial charge in [-0.1, -0.05) is 11.8 Å². The number of hydrogen-bond donors (Lipinski definition) is 3. The Kier molecular flexibility index (Phi) is 5.19. The number of thioether (sulfide) groups is 1. The lowest BCUT2D eigenvalue weighted by molar-refractivity contribution is -0.124. The minimum Gasteiger partial charge on any atom is -0.368 e. The van der Waals surface area contributed by atoms with Crippen molar-refractivity contribution < 1.29 is 4.79 Å². The number of carbonyl (C=O) groups excluding carboxylic acids is 1. The zero-order valence-corrected chi connectivity index (χ0v) is 12.5. The first kappa shape index (κ1) is 15.8. The standard InChI is InChI=1S/C11H21N5O2S/c1-7(2)13-11(3,8(12)17)5-6-19-10-15-14-9(18)16(10)4/h7,13H,5-6H2,1-4H3,(H2,12,17)(H,14,18). The van der Waals surface area contributed by atoms with Gasteiger partial charge in [-0.15, -0.1) is 5.10 Å². The number of nitrogens with two attached hydrogens (primary N) is 1. The number of aromatic nitrogens is 3. The van der Waals surface area contributed by atoms with Crippen molar-refractivity contribution in [1.82, 2.24) is 20.1 Å². The fourth-order valence-electron chi connectivity index (χ4n) is 1.71. The van der Waals surface area contributed by atoms with Crippen LogP contribution in [0, 0.1) is 0 Å². The molecule has 1 heterocycles. The predicted molar refractivity (Wildman–Crippen MR) is 75.0 cm³/mol. The van der Waals surface area contributed by atoms with Crippen LogP contribution in [0.1, 0.15) is 27.2 Å². The molecule has 0 aliphatic heterocycles. The average Bonchev–Trinajstić information content (AvgIpc) is 2.59. The summed E-state index contributed by atoms with van der Waals surface area (Å²) >= 11 is 1.41. The number of hydrogen-bond acceptors (Lipinski definition) is 5. The number of carbonyl (C=O) groups is 1. The highest BCUT2D eigenvalue weighted by Gasteiger charge is 2.31. The molecule has 7 nitrogen and oxygen atoms in total. The van der Waals surface area contributed by atoms with Crippen LogP contribution in [0.2, 0.25) is 0 Å². The summed E-state index contributed by atoms with van der Waals surface area (Å²) in [4.78, 5) is 22.7. The first-order valence-corrected chi connectivity index (χ1v) is 7.06. The second kappa shape index (κ2) is 6.25. The first-order valence-electron chi connectivity index (χ1n) is 6.08. The van der Waals surface area contributed by atoms with Crippen LogP contribution in [-0.4, -0.2) is 38.0 Å². The lowest BCUT2D eigenvalue weighted by atomic mass is 9.97. The van der Waals surface area contributed by atoms with Gasteiger partial charge in [0.05, 0.1) is 5.54 Å². The maximum Gasteiger partial charge on any atom is 0.343 e. The van der Waals surface area contributed by atoms with Crippen LogP contribution in [0.15, 0.2) is 9.95 Å². The number of aromatic amines is 1. The zero-order valence-electron chi connectivity index (χ0n) is 11.7. The highest BCUT2D eigenvalue weighted by Crippen LogP contribution is 2.19. The molecule has 1 unspecified atom stereocenters. The van der Waals surface area contributed by atoms with E-state index in [9.17, 15) is 9.59 Å². The van der Waals surface area contributed by atoms with Crippen LogP contribution >= 0.6 is 11.8 Å². The van der Waals surface area contributed by atoms with E-state index in [1.165, 1.54) is 16.3 Å². The Morgan fingerprint density at radius 3 is 2.68 bits per heavy atom. The van der Waals surface area contributed by atoms with Crippen LogP contribution in [0.5, 0.6) is 0 Å². The summed E-state index contributed by atoms with van der Waals surface area (Å²) in [6.45, 7) is 5.72. The molecule has 0 saturated heterocycles.